The standard InChI is InChI=1S/C16H23NO/c1-2-5-13(6-3-1)14(12-17-15-8-9-15)11-16-7-4-10-18-16/h4,7,10-11,13,15,17H,1-3,5-6,8-9,12H2. The third-order valence-corrected chi connectivity index (χ3v) is 4.17. The van der Waals surface area contributed by atoms with Crippen molar-refractivity contribution >= 4 is 6.08 Å². The summed E-state index contributed by atoms with van der Waals surface area (Å²) in [5.74, 6) is 1.78. The molecule has 0 atom stereocenters. The van der Waals surface area contributed by atoms with Gasteiger partial charge in [0.05, 0.1) is 6.26 Å². The number of hydrogen-bond acceptors (Lipinski definition) is 2. The Morgan fingerprint density at radius 2 is 2.06 bits per heavy atom. The Bertz CT molecular complexity index is 383. The summed E-state index contributed by atoms with van der Waals surface area (Å²) in [7, 11) is 0. The highest BCUT2D eigenvalue weighted by Crippen LogP contribution is 2.31. The lowest BCUT2D eigenvalue weighted by atomic mass is 9.83. The third-order valence-electron chi connectivity index (χ3n) is 4.17. The Morgan fingerprint density at radius 1 is 1.22 bits per heavy atom. The molecule has 1 heterocycles. The van der Waals surface area contributed by atoms with E-state index in [-0.39, 0.29) is 0 Å². The summed E-state index contributed by atoms with van der Waals surface area (Å²) in [6.07, 6.45) is 13.7. The normalized spacial score (nSPS) is 22.3. The molecule has 2 fully saturated rings. The minimum atomic E-state index is 0.773. The summed E-state index contributed by atoms with van der Waals surface area (Å²) in [6, 6.07) is 4.81. The molecule has 0 amide bonds. The molecule has 0 aliphatic heterocycles. The molecule has 1 aromatic rings. The van der Waals surface area contributed by atoms with Crippen LogP contribution in [0.4, 0.5) is 0 Å². The van der Waals surface area contributed by atoms with E-state index in [4.69, 9.17) is 4.42 Å². The van der Waals surface area contributed by atoms with Crippen molar-refractivity contribution in [3.05, 3.63) is 29.7 Å². The predicted octanol–water partition coefficient (Wildman–Crippen LogP) is 4.00. The van der Waals surface area contributed by atoms with Crippen LogP contribution in [0.15, 0.2) is 28.4 Å². The van der Waals surface area contributed by atoms with Crippen molar-refractivity contribution in [3.63, 3.8) is 0 Å². The SMILES string of the molecule is C(=C(CNC1CC1)C1CCCCC1)c1ccco1. The second-order valence-corrected chi connectivity index (χ2v) is 5.72. The molecule has 1 N–H and O–H groups in total. The van der Waals surface area contributed by atoms with E-state index in [1.807, 2.05) is 6.07 Å². The molecule has 0 radical (unpaired) electrons. The van der Waals surface area contributed by atoms with E-state index in [2.05, 4.69) is 17.5 Å². The summed E-state index contributed by atoms with van der Waals surface area (Å²) in [5.41, 5.74) is 1.55. The van der Waals surface area contributed by atoms with Gasteiger partial charge in [0.15, 0.2) is 0 Å². The van der Waals surface area contributed by atoms with Gasteiger partial charge in [0, 0.05) is 12.6 Å². The van der Waals surface area contributed by atoms with Crippen LogP contribution < -0.4 is 5.32 Å². The van der Waals surface area contributed by atoms with Crippen molar-refractivity contribution in [1.29, 1.82) is 0 Å². The van der Waals surface area contributed by atoms with E-state index < -0.39 is 0 Å². The Hall–Kier alpha value is -1.02. The molecule has 3 rings (SSSR count). The molecule has 18 heavy (non-hydrogen) atoms. The minimum absolute atomic E-state index is 0.773. The van der Waals surface area contributed by atoms with Crippen molar-refractivity contribution in [1.82, 2.24) is 5.32 Å². The van der Waals surface area contributed by atoms with Gasteiger partial charge in [-0.3, -0.25) is 0 Å². The highest BCUT2D eigenvalue weighted by Gasteiger charge is 2.23. The molecule has 98 valence electrons. The molecule has 2 aliphatic rings. The van der Waals surface area contributed by atoms with Gasteiger partial charge in [-0.25, -0.2) is 0 Å². The van der Waals surface area contributed by atoms with Gasteiger partial charge in [0.25, 0.3) is 0 Å². The molecule has 0 spiro atoms. The number of nitrogens with one attached hydrogen (secondary N) is 1. The zero-order chi connectivity index (χ0) is 12.2. The van der Waals surface area contributed by atoms with Gasteiger partial charge in [-0.05, 0) is 55.4 Å². The highest BCUT2D eigenvalue weighted by molar-refractivity contribution is 5.48. The van der Waals surface area contributed by atoms with Gasteiger partial charge in [-0.2, -0.15) is 0 Å². The second-order valence-electron chi connectivity index (χ2n) is 5.72. The first-order chi connectivity index (χ1) is 8.92. The summed E-state index contributed by atoms with van der Waals surface area (Å²) in [6.45, 7) is 1.05. The first kappa shape index (κ1) is 12.0. The topological polar surface area (TPSA) is 25.2 Å². The quantitative estimate of drug-likeness (QED) is 0.848. The van der Waals surface area contributed by atoms with Crippen LogP contribution in [0.5, 0.6) is 0 Å². The van der Waals surface area contributed by atoms with E-state index in [1.54, 1.807) is 11.8 Å². The van der Waals surface area contributed by atoms with E-state index in [1.165, 1.54) is 44.9 Å². The molecule has 2 saturated carbocycles. The van der Waals surface area contributed by atoms with Crippen molar-refractivity contribution in [3.8, 4) is 0 Å². The van der Waals surface area contributed by atoms with Crippen LogP contribution in [0.1, 0.15) is 50.7 Å². The van der Waals surface area contributed by atoms with Crippen molar-refractivity contribution in [2.24, 2.45) is 5.92 Å². The molecule has 0 bridgehead atoms. The lowest BCUT2D eigenvalue weighted by Crippen LogP contribution is -2.23. The predicted molar refractivity (Wildman–Crippen MR) is 74.3 cm³/mol. The molecule has 0 aromatic carbocycles. The Kier molecular flexibility index (Phi) is 3.84. The van der Waals surface area contributed by atoms with Gasteiger partial charge in [0.1, 0.15) is 5.76 Å². The Morgan fingerprint density at radius 3 is 2.72 bits per heavy atom. The Labute approximate surface area is 109 Å². The lowest BCUT2D eigenvalue weighted by Gasteiger charge is -2.24. The maximum atomic E-state index is 5.47. The average molecular weight is 245 g/mol. The third kappa shape index (κ3) is 3.26. The molecule has 2 aliphatic carbocycles. The molecular formula is C16H23NO. The average Bonchev–Trinajstić information content (AvgIpc) is 3.11. The van der Waals surface area contributed by atoms with Gasteiger partial charge in [-0.1, -0.05) is 19.3 Å². The van der Waals surface area contributed by atoms with E-state index in [0.717, 1.165) is 24.3 Å². The molecule has 0 unspecified atom stereocenters. The Balaban J connectivity index is 1.68. The van der Waals surface area contributed by atoms with Gasteiger partial charge < -0.3 is 9.73 Å². The monoisotopic (exact) mass is 245 g/mol. The first-order valence-electron chi connectivity index (χ1n) is 7.39. The van der Waals surface area contributed by atoms with Crippen molar-refractivity contribution in [2.75, 3.05) is 6.54 Å². The van der Waals surface area contributed by atoms with Crippen molar-refractivity contribution < 1.29 is 4.42 Å². The maximum Gasteiger partial charge on any atom is 0.126 e. The second kappa shape index (κ2) is 5.75. The largest absolute Gasteiger partial charge is 0.465 e. The van der Waals surface area contributed by atoms with Crippen molar-refractivity contribution in [2.45, 2.75) is 51.0 Å². The fourth-order valence-corrected chi connectivity index (χ4v) is 2.89. The van der Waals surface area contributed by atoms with E-state index >= 15 is 0 Å². The number of rotatable bonds is 5. The molecule has 2 nitrogen and oxygen atoms in total. The van der Waals surface area contributed by atoms with Crippen LogP contribution in [0, 0.1) is 5.92 Å². The molecule has 2 heteroatoms. The summed E-state index contributed by atoms with van der Waals surface area (Å²) in [4.78, 5) is 0. The lowest BCUT2D eigenvalue weighted by molar-refractivity contribution is 0.396. The van der Waals surface area contributed by atoms with E-state index in [9.17, 15) is 0 Å². The summed E-state index contributed by atoms with van der Waals surface area (Å²) < 4.78 is 5.47. The minimum Gasteiger partial charge on any atom is -0.465 e. The van der Waals surface area contributed by atoms with Gasteiger partial charge in [-0.15, -0.1) is 0 Å². The van der Waals surface area contributed by atoms with Crippen LogP contribution >= 0.6 is 0 Å². The zero-order valence-corrected chi connectivity index (χ0v) is 11.0. The zero-order valence-electron chi connectivity index (χ0n) is 11.0. The van der Waals surface area contributed by atoms with Crippen LogP contribution in [-0.4, -0.2) is 12.6 Å². The number of hydrogen-bond donors (Lipinski definition) is 1. The fraction of sp³-hybridized carbons (Fsp3) is 0.625. The van der Waals surface area contributed by atoms with Crippen LogP contribution in [0.2, 0.25) is 0 Å². The molecule has 1 aromatic heterocycles. The maximum absolute atomic E-state index is 5.47. The molecular weight excluding hydrogens is 222 g/mol. The summed E-state index contributed by atoms with van der Waals surface area (Å²) in [5, 5.41) is 3.66. The van der Waals surface area contributed by atoms with Crippen LogP contribution in [0.3, 0.4) is 0 Å². The van der Waals surface area contributed by atoms with E-state index in [0.29, 0.717) is 0 Å². The fourth-order valence-electron chi connectivity index (χ4n) is 2.89. The highest BCUT2D eigenvalue weighted by atomic mass is 16.3. The number of furan rings is 1. The van der Waals surface area contributed by atoms with Crippen LogP contribution in [-0.2, 0) is 0 Å². The van der Waals surface area contributed by atoms with Crippen LogP contribution in [0.25, 0.3) is 6.08 Å². The molecule has 0 saturated heterocycles. The van der Waals surface area contributed by atoms with Gasteiger partial charge >= 0.3 is 0 Å². The summed E-state index contributed by atoms with van der Waals surface area (Å²) >= 11 is 0. The smallest absolute Gasteiger partial charge is 0.126 e. The first-order valence-corrected chi connectivity index (χ1v) is 7.39. The van der Waals surface area contributed by atoms with Gasteiger partial charge in [0.2, 0.25) is 0 Å².